The molecule has 0 rings (SSSR count). The zero-order valence-corrected chi connectivity index (χ0v) is 10.6. The second-order valence-electron chi connectivity index (χ2n) is 3.31. The average Bonchev–Trinajstić information content (AvgIpc) is 2.24. The molecule has 0 atom stereocenters. The molecule has 0 saturated heterocycles. The predicted molar refractivity (Wildman–Crippen MR) is 64.7 cm³/mol. The van der Waals surface area contributed by atoms with Gasteiger partial charge in [0.05, 0.1) is 13.2 Å². The van der Waals surface area contributed by atoms with Crippen molar-refractivity contribution in [3.05, 3.63) is 12.2 Å². The van der Waals surface area contributed by atoms with Crippen LogP contribution >= 0.6 is 0 Å². The van der Waals surface area contributed by atoms with Gasteiger partial charge in [0.25, 0.3) is 0 Å². The molecule has 0 bridgehead atoms. The predicted octanol–water partition coefficient (Wildman–Crippen LogP) is 2.49. The summed E-state index contributed by atoms with van der Waals surface area (Å²) in [6.45, 7) is 12.0. The molecule has 96 valence electrons. The molecule has 0 amide bonds. The quantitative estimate of drug-likeness (QED) is 0.516. The fraction of sp³-hybridized carbons (Fsp3) is 0.750. The van der Waals surface area contributed by atoms with E-state index in [2.05, 4.69) is 20.4 Å². The minimum atomic E-state index is -0.935. The number of carbonyl (C=O) groups is 1. The van der Waals surface area contributed by atoms with Gasteiger partial charge < -0.3 is 14.6 Å². The summed E-state index contributed by atoms with van der Waals surface area (Å²) in [5.41, 5.74) is 0.176. The van der Waals surface area contributed by atoms with Gasteiger partial charge in [-0.25, -0.2) is 4.79 Å². The molecule has 0 aliphatic rings. The summed E-state index contributed by atoms with van der Waals surface area (Å²) in [7, 11) is 0. The highest BCUT2D eigenvalue weighted by molar-refractivity contribution is 5.84. The van der Waals surface area contributed by atoms with Gasteiger partial charge in [-0.2, -0.15) is 0 Å². The van der Waals surface area contributed by atoms with E-state index in [9.17, 15) is 4.79 Å². The zero-order chi connectivity index (χ0) is 12.8. The first-order chi connectivity index (χ1) is 7.56. The maximum Gasteiger partial charge on any atom is 0.330 e. The van der Waals surface area contributed by atoms with E-state index < -0.39 is 5.97 Å². The third-order valence-corrected chi connectivity index (χ3v) is 1.43. The van der Waals surface area contributed by atoms with Crippen LogP contribution in [0.5, 0.6) is 0 Å². The largest absolute Gasteiger partial charge is 0.478 e. The molecule has 0 aromatic heterocycles. The van der Waals surface area contributed by atoms with Crippen LogP contribution in [-0.4, -0.2) is 37.5 Å². The third-order valence-electron chi connectivity index (χ3n) is 1.43. The summed E-state index contributed by atoms with van der Waals surface area (Å²) >= 11 is 0. The molecule has 0 unspecified atom stereocenters. The van der Waals surface area contributed by atoms with Gasteiger partial charge in [-0.05, 0) is 19.8 Å². The number of hydrogen-bond acceptors (Lipinski definition) is 3. The molecule has 0 heterocycles. The summed E-state index contributed by atoms with van der Waals surface area (Å²) in [4.78, 5) is 9.60. The van der Waals surface area contributed by atoms with Gasteiger partial charge >= 0.3 is 5.97 Å². The fourth-order valence-electron chi connectivity index (χ4n) is 0.611. The van der Waals surface area contributed by atoms with E-state index >= 15 is 0 Å². The Hall–Kier alpha value is -0.870. The average molecular weight is 232 g/mol. The van der Waals surface area contributed by atoms with Crippen LogP contribution in [0, 0.1) is 0 Å². The summed E-state index contributed by atoms with van der Waals surface area (Å²) in [6, 6.07) is 0. The van der Waals surface area contributed by atoms with Gasteiger partial charge in [-0.15, -0.1) is 0 Å². The Labute approximate surface area is 98.3 Å². The lowest BCUT2D eigenvalue weighted by atomic mass is 10.4. The monoisotopic (exact) mass is 232 g/mol. The van der Waals surface area contributed by atoms with E-state index in [0.717, 1.165) is 39.3 Å². The lowest BCUT2D eigenvalue weighted by Gasteiger charge is -2.02. The Morgan fingerprint density at radius 2 is 1.38 bits per heavy atom. The second kappa shape index (κ2) is 14.1. The summed E-state index contributed by atoms with van der Waals surface area (Å²) in [6.07, 6.45) is 2.18. The van der Waals surface area contributed by atoms with Gasteiger partial charge in [0.2, 0.25) is 0 Å². The highest BCUT2D eigenvalue weighted by atomic mass is 16.5. The van der Waals surface area contributed by atoms with Crippen LogP contribution in [0.15, 0.2) is 12.2 Å². The molecule has 16 heavy (non-hydrogen) atoms. The molecule has 0 aromatic rings. The highest BCUT2D eigenvalue weighted by Crippen LogP contribution is 1.83. The molecule has 0 spiro atoms. The Kier molecular flexibility index (Phi) is 15.5. The standard InChI is InChI=1S/C8H18O2.C4H6O2/c1-3-5-9-7-8-10-6-4-2;1-3(2)4(5)6/h3-8H2,1-2H3;1H2,2H3,(H,5,6). The molecular formula is C12H24O4. The van der Waals surface area contributed by atoms with Crippen molar-refractivity contribution in [2.75, 3.05) is 26.4 Å². The lowest BCUT2D eigenvalue weighted by Crippen LogP contribution is -2.04. The van der Waals surface area contributed by atoms with E-state index in [1.807, 2.05) is 0 Å². The summed E-state index contributed by atoms with van der Waals surface area (Å²) < 4.78 is 10.4. The van der Waals surface area contributed by atoms with E-state index in [4.69, 9.17) is 14.6 Å². The minimum absolute atomic E-state index is 0.176. The molecular weight excluding hydrogens is 208 g/mol. The van der Waals surface area contributed by atoms with Gasteiger partial charge in [-0.3, -0.25) is 0 Å². The maximum absolute atomic E-state index is 9.60. The van der Waals surface area contributed by atoms with Gasteiger partial charge in [-0.1, -0.05) is 20.4 Å². The fourth-order valence-corrected chi connectivity index (χ4v) is 0.611. The molecule has 0 aliphatic heterocycles. The van der Waals surface area contributed by atoms with E-state index in [-0.39, 0.29) is 5.57 Å². The number of carboxylic acids is 1. The number of aliphatic carboxylic acids is 1. The first-order valence-corrected chi connectivity index (χ1v) is 5.60. The van der Waals surface area contributed by atoms with Gasteiger partial charge in [0, 0.05) is 18.8 Å². The van der Waals surface area contributed by atoms with E-state index in [1.54, 1.807) is 0 Å². The van der Waals surface area contributed by atoms with Crippen molar-refractivity contribution in [2.24, 2.45) is 0 Å². The van der Waals surface area contributed by atoms with Crippen LogP contribution in [0.25, 0.3) is 0 Å². The van der Waals surface area contributed by atoms with E-state index in [0.29, 0.717) is 0 Å². The molecule has 1 N–H and O–H groups in total. The minimum Gasteiger partial charge on any atom is -0.478 e. The van der Waals surface area contributed by atoms with Crippen LogP contribution in [0.2, 0.25) is 0 Å². The van der Waals surface area contributed by atoms with Crippen LogP contribution in [-0.2, 0) is 14.3 Å². The summed E-state index contributed by atoms with van der Waals surface area (Å²) in [5.74, 6) is -0.935. The lowest BCUT2D eigenvalue weighted by molar-refractivity contribution is -0.132. The number of rotatable bonds is 8. The smallest absolute Gasteiger partial charge is 0.330 e. The Morgan fingerprint density at radius 3 is 1.56 bits per heavy atom. The zero-order valence-electron chi connectivity index (χ0n) is 10.6. The van der Waals surface area contributed by atoms with Crippen LogP contribution in [0.4, 0.5) is 0 Å². The topological polar surface area (TPSA) is 55.8 Å². The number of hydrogen-bond donors (Lipinski definition) is 1. The SMILES string of the molecule is C=C(C)C(=O)O.CCCOCCOCCC. The van der Waals surface area contributed by atoms with Crippen molar-refractivity contribution in [2.45, 2.75) is 33.6 Å². The van der Waals surface area contributed by atoms with Crippen LogP contribution < -0.4 is 0 Å². The molecule has 0 aliphatic carbocycles. The first-order valence-electron chi connectivity index (χ1n) is 5.60. The van der Waals surface area contributed by atoms with Crippen molar-refractivity contribution in [1.82, 2.24) is 0 Å². The maximum atomic E-state index is 9.60. The Morgan fingerprint density at radius 1 is 1.06 bits per heavy atom. The summed E-state index contributed by atoms with van der Waals surface area (Å²) in [5, 5.41) is 7.89. The molecule has 0 saturated carbocycles. The van der Waals surface area contributed by atoms with Crippen molar-refractivity contribution in [3.8, 4) is 0 Å². The molecule has 4 heteroatoms. The van der Waals surface area contributed by atoms with E-state index in [1.165, 1.54) is 6.92 Å². The molecule has 0 aromatic carbocycles. The molecule has 0 radical (unpaired) electrons. The van der Waals surface area contributed by atoms with Crippen molar-refractivity contribution in [1.29, 1.82) is 0 Å². The van der Waals surface area contributed by atoms with Gasteiger partial charge in [0.15, 0.2) is 0 Å². The van der Waals surface area contributed by atoms with Gasteiger partial charge in [0.1, 0.15) is 0 Å². The number of ether oxygens (including phenoxy) is 2. The van der Waals surface area contributed by atoms with Crippen molar-refractivity contribution < 1.29 is 19.4 Å². The first kappa shape index (κ1) is 17.5. The third kappa shape index (κ3) is 18.8. The Bertz CT molecular complexity index is 158. The normalized spacial score (nSPS) is 9.19. The highest BCUT2D eigenvalue weighted by Gasteiger charge is 1.90. The second-order valence-corrected chi connectivity index (χ2v) is 3.31. The molecule has 4 nitrogen and oxygen atoms in total. The van der Waals surface area contributed by atoms with Crippen LogP contribution in [0.1, 0.15) is 33.6 Å². The van der Waals surface area contributed by atoms with Crippen molar-refractivity contribution >= 4 is 5.97 Å². The molecule has 0 fully saturated rings. The number of carboxylic acid groups (broad SMARTS) is 1. The van der Waals surface area contributed by atoms with Crippen molar-refractivity contribution in [3.63, 3.8) is 0 Å². The van der Waals surface area contributed by atoms with Crippen LogP contribution in [0.3, 0.4) is 0 Å². The Balaban J connectivity index is 0.